The number of amides is 1. The zero-order valence-corrected chi connectivity index (χ0v) is 9.49. The molecule has 0 spiro atoms. The lowest BCUT2D eigenvalue weighted by molar-refractivity contribution is -0.149. The van der Waals surface area contributed by atoms with Crippen LogP contribution in [0.4, 0.5) is 0 Å². The van der Waals surface area contributed by atoms with Gasteiger partial charge < -0.3 is 10.0 Å². The molecule has 6 nitrogen and oxygen atoms in total. The lowest BCUT2D eigenvalue weighted by Crippen LogP contribution is -2.43. The number of hydrogen-bond donors (Lipinski definition) is 1. The van der Waals surface area contributed by atoms with Crippen molar-refractivity contribution >= 4 is 11.9 Å². The molecule has 0 aliphatic heterocycles. The summed E-state index contributed by atoms with van der Waals surface area (Å²) in [4.78, 5) is 23.8. The van der Waals surface area contributed by atoms with Crippen molar-refractivity contribution in [2.45, 2.75) is 25.9 Å². The predicted octanol–water partition coefficient (Wildman–Crippen LogP) is 0.376. The van der Waals surface area contributed by atoms with Gasteiger partial charge in [-0.2, -0.15) is 5.10 Å². The standard InChI is InChI=1S/C10H15N3O3/c1-7(13-6-4-5-11-13)9(14)12(3)8(2)10(15)16/h4-8H,1-3H3,(H,15,16). The van der Waals surface area contributed by atoms with Crippen LogP contribution in [-0.4, -0.2) is 44.8 Å². The molecule has 1 aromatic rings. The van der Waals surface area contributed by atoms with Crippen LogP contribution in [0.25, 0.3) is 0 Å². The molecule has 88 valence electrons. The third-order valence-corrected chi connectivity index (χ3v) is 2.57. The van der Waals surface area contributed by atoms with Gasteiger partial charge in [0, 0.05) is 19.4 Å². The summed E-state index contributed by atoms with van der Waals surface area (Å²) >= 11 is 0. The van der Waals surface area contributed by atoms with E-state index in [1.54, 1.807) is 25.4 Å². The molecule has 1 aromatic heterocycles. The van der Waals surface area contributed by atoms with E-state index in [1.165, 1.54) is 23.6 Å². The number of likely N-dealkylation sites (N-methyl/N-ethyl adjacent to an activating group) is 1. The van der Waals surface area contributed by atoms with Crippen LogP contribution >= 0.6 is 0 Å². The van der Waals surface area contributed by atoms with E-state index in [1.807, 2.05) is 0 Å². The first-order valence-electron chi connectivity index (χ1n) is 4.93. The van der Waals surface area contributed by atoms with Gasteiger partial charge in [0.05, 0.1) is 0 Å². The minimum absolute atomic E-state index is 0.279. The molecule has 2 atom stereocenters. The quantitative estimate of drug-likeness (QED) is 0.803. The third-order valence-electron chi connectivity index (χ3n) is 2.57. The number of aromatic nitrogens is 2. The second kappa shape index (κ2) is 4.78. The van der Waals surface area contributed by atoms with Gasteiger partial charge in [0.15, 0.2) is 0 Å². The van der Waals surface area contributed by atoms with E-state index in [2.05, 4.69) is 5.10 Å². The Labute approximate surface area is 93.5 Å². The lowest BCUT2D eigenvalue weighted by atomic mass is 10.2. The highest BCUT2D eigenvalue weighted by Gasteiger charge is 2.26. The van der Waals surface area contributed by atoms with Crippen molar-refractivity contribution in [3.05, 3.63) is 18.5 Å². The fraction of sp³-hybridized carbons (Fsp3) is 0.500. The number of carbonyl (C=O) groups excluding carboxylic acids is 1. The molecule has 16 heavy (non-hydrogen) atoms. The Balaban J connectivity index is 2.75. The second-order valence-electron chi connectivity index (χ2n) is 3.63. The van der Waals surface area contributed by atoms with Crippen molar-refractivity contribution in [1.29, 1.82) is 0 Å². The van der Waals surface area contributed by atoms with Gasteiger partial charge in [0.2, 0.25) is 5.91 Å². The Bertz CT molecular complexity index is 375. The van der Waals surface area contributed by atoms with Crippen LogP contribution in [0, 0.1) is 0 Å². The van der Waals surface area contributed by atoms with Crippen molar-refractivity contribution < 1.29 is 14.7 Å². The molecule has 0 radical (unpaired) electrons. The van der Waals surface area contributed by atoms with E-state index in [0.29, 0.717) is 0 Å². The first kappa shape index (κ1) is 12.2. The zero-order chi connectivity index (χ0) is 12.3. The molecule has 0 aromatic carbocycles. The van der Waals surface area contributed by atoms with E-state index in [0.717, 1.165) is 0 Å². The van der Waals surface area contributed by atoms with E-state index < -0.39 is 18.1 Å². The first-order valence-corrected chi connectivity index (χ1v) is 4.93. The monoisotopic (exact) mass is 225 g/mol. The average molecular weight is 225 g/mol. The van der Waals surface area contributed by atoms with E-state index in [4.69, 9.17) is 5.11 Å². The number of carboxylic acids is 1. The lowest BCUT2D eigenvalue weighted by Gasteiger charge is -2.24. The number of carbonyl (C=O) groups is 2. The number of nitrogens with zero attached hydrogens (tertiary/aromatic N) is 3. The molecule has 0 aliphatic rings. The normalized spacial score (nSPS) is 14.2. The SMILES string of the molecule is CC(C(=O)O)N(C)C(=O)C(C)n1cccn1. The summed E-state index contributed by atoms with van der Waals surface area (Å²) in [6.07, 6.45) is 3.24. The highest BCUT2D eigenvalue weighted by Crippen LogP contribution is 2.09. The van der Waals surface area contributed by atoms with Gasteiger partial charge in [-0.25, -0.2) is 4.79 Å². The molecule has 1 N–H and O–H groups in total. The summed E-state index contributed by atoms with van der Waals surface area (Å²) in [7, 11) is 1.47. The van der Waals surface area contributed by atoms with Crippen LogP contribution in [0.3, 0.4) is 0 Å². The number of carboxylic acid groups (broad SMARTS) is 1. The van der Waals surface area contributed by atoms with Gasteiger partial charge in [-0.3, -0.25) is 9.48 Å². The Hall–Kier alpha value is -1.85. The van der Waals surface area contributed by atoms with E-state index in [-0.39, 0.29) is 5.91 Å². The van der Waals surface area contributed by atoms with Gasteiger partial charge in [-0.1, -0.05) is 0 Å². The van der Waals surface area contributed by atoms with Gasteiger partial charge >= 0.3 is 5.97 Å². The van der Waals surface area contributed by atoms with Crippen LogP contribution in [-0.2, 0) is 9.59 Å². The molecular formula is C10H15N3O3. The summed E-state index contributed by atoms with van der Waals surface area (Å²) in [5.41, 5.74) is 0. The average Bonchev–Trinajstić information content (AvgIpc) is 2.78. The highest BCUT2D eigenvalue weighted by molar-refractivity contribution is 5.85. The van der Waals surface area contributed by atoms with Crippen LogP contribution in [0.1, 0.15) is 19.9 Å². The van der Waals surface area contributed by atoms with Crippen molar-refractivity contribution in [3.8, 4) is 0 Å². The van der Waals surface area contributed by atoms with Crippen LogP contribution in [0.5, 0.6) is 0 Å². The Morgan fingerprint density at radius 2 is 2.06 bits per heavy atom. The number of rotatable bonds is 4. The van der Waals surface area contributed by atoms with Crippen molar-refractivity contribution in [3.63, 3.8) is 0 Å². The van der Waals surface area contributed by atoms with E-state index in [9.17, 15) is 9.59 Å². The molecular weight excluding hydrogens is 210 g/mol. The molecule has 0 fully saturated rings. The summed E-state index contributed by atoms with van der Waals surface area (Å²) in [5, 5.41) is 12.7. The van der Waals surface area contributed by atoms with E-state index >= 15 is 0 Å². The molecule has 0 bridgehead atoms. The Morgan fingerprint density at radius 3 is 2.50 bits per heavy atom. The molecule has 2 unspecified atom stereocenters. The molecule has 0 aliphatic carbocycles. The predicted molar refractivity (Wildman–Crippen MR) is 56.8 cm³/mol. The van der Waals surface area contributed by atoms with Gasteiger partial charge in [-0.05, 0) is 19.9 Å². The Morgan fingerprint density at radius 1 is 1.44 bits per heavy atom. The summed E-state index contributed by atoms with van der Waals surface area (Å²) in [5.74, 6) is -1.30. The maximum atomic E-state index is 11.9. The van der Waals surface area contributed by atoms with Gasteiger partial charge in [0.25, 0.3) is 0 Å². The molecule has 1 rings (SSSR count). The summed E-state index contributed by atoms with van der Waals surface area (Å²) < 4.78 is 1.49. The van der Waals surface area contributed by atoms with Gasteiger partial charge in [0.1, 0.15) is 12.1 Å². The van der Waals surface area contributed by atoms with Crippen LogP contribution < -0.4 is 0 Å². The summed E-state index contributed by atoms with van der Waals surface area (Å²) in [6.45, 7) is 3.15. The second-order valence-corrected chi connectivity index (χ2v) is 3.63. The molecule has 0 saturated heterocycles. The zero-order valence-electron chi connectivity index (χ0n) is 9.49. The third kappa shape index (κ3) is 2.39. The van der Waals surface area contributed by atoms with Crippen LogP contribution in [0.15, 0.2) is 18.5 Å². The molecule has 1 amide bonds. The van der Waals surface area contributed by atoms with Crippen LogP contribution in [0.2, 0.25) is 0 Å². The molecule has 1 heterocycles. The smallest absolute Gasteiger partial charge is 0.326 e. The minimum atomic E-state index is -1.02. The Kier molecular flexibility index (Phi) is 3.65. The fourth-order valence-electron chi connectivity index (χ4n) is 1.27. The number of hydrogen-bond acceptors (Lipinski definition) is 3. The molecule has 0 saturated carbocycles. The van der Waals surface area contributed by atoms with Crippen molar-refractivity contribution in [1.82, 2.24) is 14.7 Å². The largest absolute Gasteiger partial charge is 0.480 e. The van der Waals surface area contributed by atoms with Crippen molar-refractivity contribution in [2.75, 3.05) is 7.05 Å². The molecule has 6 heteroatoms. The minimum Gasteiger partial charge on any atom is -0.480 e. The first-order chi connectivity index (χ1) is 7.45. The highest BCUT2D eigenvalue weighted by atomic mass is 16.4. The summed E-state index contributed by atoms with van der Waals surface area (Å²) in [6, 6.07) is 0.372. The topological polar surface area (TPSA) is 75.4 Å². The number of aliphatic carboxylic acids is 1. The van der Waals surface area contributed by atoms with Crippen molar-refractivity contribution in [2.24, 2.45) is 0 Å². The fourth-order valence-corrected chi connectivity index (χ4v) is 1.27. The maximum Gasteiger partial charge on any atom is 0.326 e. The maximum absolute atomic E-state index is 11.9. The van der Waals surface area contributed by atoms with Gasteiger partial charge in [-0.15, -0.1) is 0 Å².